The summed E-state index contributed by atoms with van der Waals surface area (Å²) in [7, 11) is -2.89. The fourth-order valence-corrected chi connectivity index (χ4v) is 5.33. The SMILES string of the molecule is CCNC(=NCC(C)N1CCc2ccccc2C1)NC1CCS(=O)(=O)C1. The van der Waals surface area contributed by atoms with Crippen molar-refractivity contribution in [3.63, 3.8) is 0 Å². The number of hydrogen-bond acceptors (Lipinski definition) is 4. The van der Waals surface area contributed by atoms with Gasteiger partial charge in [-0.2, -0.15) is 0 Å². The topological polar surface area (TPSA) is 73.8 Å². The molecule has 26 heavy (non-hydrogen) atoms. The van der Waals surface area contributed by atoms with Gasteiger partial charge in [-0.15, -0.1) is 0 Å². The average Bonchev–Trinajstić information content (AvgIpc) is 2.97. The number of hydrogen-bond donors (Lipinski definition) is 2. The molecular weight excluding hydrogens is 348 g/mol. The maximum Gasteiger partial charge on any atom is 0.191 e. The summed E-state index contributed by atoms with van der Waals surface area (Å²) < 4.78 is 23.3. The van der Waals surface area contributed by atoms with Crippen LogP contribution in [-0.4, -0.2) is 62.5 Å². The quantitative estimate of drug-likeness (QED) is 0.594. The van der Waals surface area contributed by atoms with Crippen molar-refractivity contribution in [1.29, 1.82) is 0 Å². The molecule has 2 aliphatic rings. The Morgan fingerprint density at radius 1 is 1.35 bits per heavy atom. The van der Waals surface area contributed by atoms with E-state index in [2.05, 4.69) is 46.7 Å². The van der Waals surface area contributed by atoms with Crippen molar-refractivity contribution in [2.24, 2.45) is 4.99 Å². The summed E-state index contributed by atoms with van der Waals surface area (Å²) in [6, 6.07) is 8.96. The molecule has 3 rings (SSSR count). The van der Waals surface area contributed by atoms with Gasteiger partial charge in [0.2, 0.25) is 0 Å². The number of aliphatic imine (C=N–C) groups is 1. The van der Waals surface area contributed by atoms with E-state index in [-0.39, 0.29) is 17.5 Å². The molecule has 2 atom stereocenters. The lowest BCUT2D eigenvalue weighted by molar-refractivity contribution is 0.195. The summed E-state index contributed by atoms with van der Waals surface area (Å²) in [5, 5.41) is 6.52. The van der Waals surface area contributed by atoms with E-state index in [4.69, 9.17) is 4.99 Å². The van der Waals surface area contributed by atoms with Crippen LogP contribution in [0.1, 0.15) is 31.4 Å². The van der Waals surface area contributed by atoms with Gasteiger partial charge in [-0.1, -0.05) is 24.3 Å². The summed E-state index contributed by atoms with van der Waals surface area (Å²) in [5.74, 6) is 1.20. The Bertz CT molecular complexity index is 748. The van der Waals surface area contributed by atoms with Crippen molar-refractivity contribution in [3.8, 4) is 0 Å². The van der Waals surface area contributed by atoms with Gasteiger partial charge < -0.3 is 10.6 Å². The minimum Gasteiger partial charge on any atom is -0.357 e. The van der Waals surface area contributed by atoms with Gasteiger partial charge in [0.25, 0.3) is 0 Å². The zero-order valence-corrected chi connectivity index (χ0v) is 16.6. The number of rotatable bonds is 5. The molecule has 6 nitrogen and oxygen atoms in total. The zero-order valence-electron chi connectivity index (χ0n) is 15.7. The van der Waals surface area contributed by atoms with Crippen molar-refractivity contribution in [3.05, 3.63) is 35.4 Å². The van der Waals surface area contributed by atoms with Crippen LogP contribution in [0.2, 0.25) is 0 Å². The third kappa shape index (κ3) is 4.98. The van der Waals surface area contributed by atoms with Gasteiger partial charge in [-0.05, 0) is 37.8 Å². The molecule has 0 amide bonds. The lowest BCUT2D eigenvalue weighted by Gasteiger charge is -2.33. The Labute approximate surface area is 157 Å². The van der Waals surface area contributed by atoms with Crippen LogP contribution >= 0.6 is 0 Å². The largest absolute Gasteiger partial charge is 0.357 e. The normalized spacial score (nSPS) is 24.1. The Kier molecular flexibility index (Phi) is 6.19. The Hall–Kier alpha value is -1.60. The molecule has 1 aromatic carbocycles. The van der Waals surface area contributed by atoms with Gasteiger partial charge in [0.1, 0.15) is 0 Å². The van der Waals surface area contributed by atoms with Crippen LogP contribution < -0.4 is 10.6 Å². The fraction of sp³-hybridized carbons (Fsp3) is 0.632. The van der Waals surface area contributed by atoms with Crippen molar-refractivity contribution in [2.75, 3.05) is 31.1 Å². The molecule has 0 aromatic heterocycles. The van der Waals surface area contributed by atoms with E-state index >= 15 is 0 Å². The molecule has 1 fully saturated rings. The molecular formula is C19H30N4O2S. The van der Waals surface area contributed by atoms with Crippen LogP contribution in [0.25, 0.3) is 0 Å². The molecule has 0 radical (unpaired) electrons. The predicted octanol–water partition coefficient (Wildman–Crippen LogP) is 1.18. The summed E-state index contributed by atoms with van der Waals surface area (Å²) >= 11 is 0. The van der Waals surface area contributed by atoms with E-state index < -0.39 is 9.84 Å². The van der Waals surface area contributed by atoms with Crippen LogP contribution in [0.15, 0.2) is 29.3 Å². The highest BCUT2D eigenvalue weighted by molar-refractivity contribution is 7.91. The number of sulfone groups is 1. The number of benzene rings is 1. The Balaban J connectivity index is 1.57. The molecule has 1 saturated heterocycles. The molecule has 2 N–H and O–H groups in total. The minimum absolute atomic E-state index is 0.0324. The first-order valence-electron chi connectivity index (χ1n) is 9.53. The third-order valence-electron chi connectivity index (χ3n) is 5.21. The van der Waals surface area contributed by atoms with Crippen molar-refractivity contribution in [1.82, 2.24) is 15.5 Å². The summed E-state index contributed by atoms with van der Waals surface area (Å²) in [6.45, 7) is 7.71. The highest BCUT2D eigenvalue weighted by Gasteiger charge is 2.28. The summed E-state index contributed by atoms with van der Waals surface area (Å²) in [6.07, 6.45) is 1.74. The van der Waals surface area contributed by atoms with Crippen LogP contribution in [-0.2, 0) is 22.8 Å². The zero-order chi connectivity index (χ0) is 18.6. The highest BCUT2D eigenvalue weighted by atomic mass is 32.2. The standard InChI is InChI=1S/C19H30N4O2S/c1-3-20-19(22-18-9-11-26(24,25)14-18)21-12-15(2)23-10-8-16-6-4-5-7-17(16)13-23/h4-7,15,18H,3,8-14H2,1-2H3,(H2,20,21,22). The molecule has 0 spiro atoms. The van der Waals surface area contributed by atoms with Gasteiger partial charge in [0.05, 0.1) is 18.1 Å². The van der Waals surface area contributed by atoms with E-state index in [0.29, 0.717) is 19.0 Å². The predicted molar refractivity (Wildman–Crippen MR) is 106 cm³/mol. The third-order valence-corrected chi connectivity index (χ3v) is 6.98. The Morgan fingerprint density at radius 2 is 2.12 bits per heavy atom. The first-order chi connectivity index (χ1) is 12.5. The van der Waals surface area contributed by atoms with E-state index in [1.807, 2.05) is 6.92 Å². The smallest absolute Gasteiger partial charge is 0.191 e. The van der Waals surface area contributed by atoms with Gasteiger partial charge >= 0.3 is 0 Å². The Morgan fingerprint density at radius 3 is 2.81 bits per heavy atom. The van der Waals surface area contributed by atoms with E-state index in [9.17, 15) is 8.42 Å². The minimum atomic E-state index is -2.89. The summed E-state index contributed by atoms with van der Waals surface area (Å²) in [4.78, 5) is 7.18. The number of nitrogens with zero attached hydrogens (tertiary/aromatic N) is 2. The molecule has 2 heterocycles. The van der Waals surface area contributed by atoms with Crippen LogP contribution in [0.5, 0.6) is 0 Å². The summed E-state index contributed by atoms with van der Waals surface area (Å²) in [5.41, 5.74) is 2.87. The second kappa shape index (κ2) is 8.39. The second-order valence-corrected chi connectivity index (χ2v) is 9.53. The monoisotopic (exact) mass is 378 g/mol. The average molecular weight is 379 g/mol. The first-order valence-corrected chi connectivity index (χ1v) is 11.3. The molecule has 0 saturated carbocycles. The van der Waals surface area contributed by atoms with E-state index in [1.54, 1.807) is 0 Å². The second-order valence-electron chi connectivity index (χ2n) is 7.30. The van der Waals surface area contributed by atoms with E-state index in [1.165, 1.54) is 11.1 Å². The maximum atomic E-state index is 11.6. The molecule has 144 valence electrons. The molecule has 0 bridgehead atoms. The van der Waals surface area contributed by atoms with Gasteiger partial charge in [0.15, 0.2) is 15.8 Å². The van der Waals surface area contributed by atoms with E-state index in [0.717, 1.165) is 32.0 Å². The molecule has 2 aliphatic heterocycles. The van der Waals surface area contributed by atoms with Crippen molar-refractivity contribution in [2.45, 2.75) is 45.3 Å². The van der Waals surface area contributed by atoms with Gasteiger partial charge in [-0.25, -0.2) is 8.42 Å². The maximum absolute atomic E-state index is 11.6. The van der Waals surface area contributed by atoms with Gasteiger partial charge in [-0.3, -0.25) is 9.89 Å². The molecule has 1 aromatic rings. The van der Waals surface area contributed by atoms with Crippen LogP contribution in [0.3, 0.4) is 0 Å². The number of fused-ring (bicyclic) bond motifs is 1. The molecule has 7 heteroatoms. The number of guanidine groups is 1. The van der Waals surface area contributed by atoms with Crippen LogP contribution in [0, 0.1) is 0 Å². The van der Waals surface area contributed by atoms with Crippen LogP contribution in [0.4, 0.5) is 0 Å². The first kappa shape index (κ1) is 19.2. The fourth-order valence-electron chi connectivity index (χ4n) is 3.65. The van der Waals surface area contributed by atoms with Crippen molar-refractivity contribution >= 4 is 15.8 Å². The van der Waals surface area contributed by atoms with Crippen molar-refractivity contribution < 1.29 is 8.42 Å². The lowest BCUT2D eigenvalue weighted by atomic mass is 9.99. The molecule has 0 aliphatic carbocycles. The highest BCUT2D eigenvalue weighted by Crippen LogP contribution is 2.20. The van der Waals surface area contributed by atoms with Gasteiger partial charge in [0, 0.05) is 31.7 Å². The lowest BCUT2D eigenvalue weighted by Crippen LogP contribution is -2.45. The number of nitrogens with one attached hydrogen (secondary N) is 2. The molecule has 2 unspecified atom stereocenters.